The normalized spacial score (nSPS) is 18.7. The van der Waals surface area contributed by atoms with Crippen LogP contribution in [0.1, 0.15) is 43.0 Å². The van der Waals surface area contributed by atoms with E-state index in [1.807, 2.05) is 98.3 Å². The molecule has 10 nitrogen and oxygen atoms in total. The molecule has 4 aromatic rings. The number of carbonyl (C=O) groups excluding carboxylic acids is 2. The number of anilines is 1. The Morgan fingerprint density at radius 2 is 1.69 bits per heavy atom. The molecule has 13 heteroatoms. The summed E-state index contributed by atoms with van der Waals surface area (Å²) in [5.41, 5.74) is 4.69. The van der Waals surface area contributed by atoms with Gasteiger partial charge in [0.1, 0.15) is 49.7 Å². The van der Waals surface area contributed by atoms with Gasteiger partial charge >= 0.3 is 5.97 Å². The SMILES string of the molecule is CC(=O)N1CCN(c2ccc(OC[C@H]3CO[C@](Cn4cc[n+](Cc5cc(C)c(OC(=O)C(C)C)c(C)c5)c4)(c4ccc(Cl)cc4Cl)O3)cc2)CC1.[Br-]. The van der Waals surface area contributed by atoms with E-state index < -0.39 is 5.79 Å². The molecule has 2 fully saturated rings. The van der Waals surface area contributed by atoms with E-state index in [4.69, 9.17) is 42.1 Å². The number of amides is 1. The highest BCUT2D eigenvalue weighted by Gasteiger charge is 2.47. The second-order valence-corrected chi connectivity index (χ2v) is 14.5. The third-order valence-corrected chi connectivity index (χ3v) is 9.81. The van der Waals surface area contributed by atoms with Crippen molar-refractivity contribution in [3.05, 3.63) is 106 Å². The summed E-state index contributed by atoms with van der Waals surface area (Å²) in [5, 5.41) is 0.975. The van der Waals surface area contributed by atoms with Crippen molar-refractivity contribution >= 4 is 40.8 Å². The molecule has 0 unspecified atom stereocenters. The van der Waals surface area contributed by atoms with E-state index in [0.717, 1.165) is 54.3 Å². The first-order chi connectivity index (χ1) is 24.4. The maximum Gasteiger partial charge on any atom is 0.313 e. The van der Waals surface area contributed by atoms with E-state index in [1.54, 1.807) is 19.1 Å². The predicted molar refractivity (Wildman–Crippen MR) is 195 cm³/mol. The van der Waals surface area contributed by atoms with Crippen LogP contribution in [0.25, 0.3) is 0 Å². The number of esters is 1. The Labute approximate surface area is 325 Å². The minimum absolute atomic E-state index is 0. The average molecular weight is 817 g/mol. The maximum absolute atomic E-state index is 12.2. The van der Waals surface area contributed by atoms with E-state index in [0.29, 0.717) is 41.1 Å². The van der Waals surface area contributed by atoms with Crippen LogP contribution in [0.2, 0.25) is 10.0 Å². The number of aromatic nitrogens is 2. The van der Waals surface area contributed by atoms with Crippen LogP contribution in [0.4, 0.5) is 5.69 Å². The molecule has 0 bridgehead atoms. The molecule has 2 saturated heterocycles. The van der Waals surface area contributed by atoms with Gasteiger partial charge in [-0.15, -0.1) is 0 Å². The summed E-state index contributed by atoms with van der Waals surface area (Å²) in [6, 6.07) is 17.4. The third-order valence-electron chi connectivity index (χ3n) is 9.26. The van der Waals surface area contributed by atoms with E-state index in [-0.39, 0.29) is 47.5 Å². The second kappa shape index (κ2) is 17.0. The molecule has 2 aliphatic rings. The fourth-order valence-electron chi connectivity index (χ4n) is 6.56. The van der Waals surface area contributed by atoms with Crippen LogP contribution >= 0.6 is 23.2 Å². The first-order valence-electron chi connectivity index (χ1n) is 17.3. The molecule has 3 heterocycles. The highest BCUT2D eigenvalue weighted by molar-refractivity contribution is 6.35. The molecule has 2 aliphatic heterocycles. The van der Waals surface area contributed by atoms with Gasteiger partial charge in [-0.1, -0.05) is 43.1 Å². The predicted octanol–water partition coefficient (Wildman–Crippen LogP) is 3.33. The topological polar surface area (TPSA) is 86.4 Å². The minimum atomic E-state index is -1.17. The lowest BCUT2D eigenvalue weighted by Crippen LogP contribution is -3.00. The van der Waals surface area contributed by atoms with Crippen molar-refractivity contribution < 1.29 is 50.1 Å². The van der Waals surface area contributed by atoms with Gasteiger partial charge in [-0.05, 0) is 79.1 Å². The van der Waals surface area contributed by atoms with Gasteiger partial charge in [0, 0.05) is 49.4 Å². The monoisotopic (exact) mass is 814 g/mol. The Hall–Kier alpha value is -3.61. The lowest BCUT2D eigenvalue weighted by molar-refractivity contribution is -0.688. The molecule has 1 amide bonds. The number of hydrogen-bond acceptors (Lipinski definition) is 7. The van der Waals surface area contributed by atoms with E-state index in [2.05, 4.69) is 9.47 Å². The van der Waals surface area contributed by atoms with Crippen LogP contribution < -0.4 is 35.9 Å². The fraction of sp³-hybridized carbons (Fsp3) is 0.410. The number of imidazole rings is 1. The molecule has 0 radical (unpaired) electrons. The number of halogens is 3. The summed E-state index contributed by atoms with van der Waals surface area (Å²) in [6.07, 6.45) is 5.62. The van der Waals surface area contributed by atoms with Crippen molar-refractivity contribution in [2.24, 2.45) is 5.92 Å². The molecular formula is C39H45BrCl2N4O6. The lowest BCUT2D eigenvalue weighted by atomic mass is 10.1. The zero-order valence-electron chi connectivity index (χ0n) is 30.1. The summed E-state index contributed by atoms with van der Waals surface area (Å²) < 4.78 is 29.0. The summed E-state index contributed by atoms with van der Waals surface area (Å²) in [7, 11) is 0. The van der Waals surface area contributed by atoms with Crippen LogP contribution in [0.15, 0.2) is 73.3 Å². The van der Waals surface area contributed by atoms with Gasteiger partial charge in [-0.3, -0.25) is 9.59 Å². The number of piperazine rings is 1. The van der Waals surface area contributed by atoms with Crippen LogP contribution in [0, 0.1) is 19.8 Å². The molecular weight excluding hydrogens is 771 g/mol. The van der Waals surface area contributed by atoms with Crippen molar-refractivity contribution in [3.8, 4) is 11.5 Å². The van der Waals surface area contributed by atoms with Crippen molar-refractivity contribution in [3.63, 3.8) is 0 Å². The molecule has 52 heavy (non-hydrogen) atoms. The van der Waals surface area contributed by atoms with Gasteiger partial charge in [0.2, 0.25) is 18.0 Å². The van der Waals surface area contributed by atoms with E-state index in [9.17, 15) is 9.59 Å². The number of benzene rings is 3. The third kappa shape index (κ3) is 9.30. The van der Waals surface area contributed by atoms with Gasteiger partial charge in [-0.2, -0.15) is 0 Å². The Bertz CT molecular complexity index is 1860. The van der Waals surface area contributed by atoms with E-state index in [1.165, 1.54) is 0 Å². The number of aryl methyl sites for hydroxylation is 2. The van der Waals surface area contributed by atoms with Crippen LogP contribution in [-0.4, -0.2) is 66.8 Å². The minimum Gasteiger partial charge on any atom is -1.00 e. The highest BCUT2D eigenvalue weighted by atomic mass is 79.9. The number of nitrogens with zero attached hydrogens (tertiary/aromatic N) is 4. The fourth-order valence-corrected chi connectivity index (χ4v) is 7.12. The molecule has 0 N–H and O–H groups in total. The van der Waals surface area contributed by atoms with Crippen molar-refractivity contribution in [2.75, 3.05) is 44.3 Å². The quantitative estimate of drug-likeness (QED) is 0.131. The van der Waals surface area contributed by atoms with Gasteiger partial charge in [-0.25, -0.2) is 9.13 Å². The molecule has 278 valence electrons. The first kappa shape index (κ1) is 39.6. The lowest BCUT2D eigenvalue weighted by Gasteiger charge is -2.35. The highest BCUT2D eigenvalue weighted by Crippen LogP contribution is 2.40. The Morgan fingerprint density at radius 3 is 2.33 bits per heavy atom. The van der Waals surface area contributed by atoms with Crippen molar-refractivity contribution in [1.82, 2.24) is 9.47 Å². The summed E-state index contributed by atoms with van der Waals surface area (Å²) >= 11 is 13.0. The molecule has 1 aromatic heterocycles. The number of ether oxygens (including phenoxy) is 4. The molecule has 6 rings (SSSR count). The van der Waals surface area contributed by atoms with Crippen molar-refractivity contribution in [2.45, 2.75) is 59.6 Å². The Morgan fingerprint density at radius 1 is 1.00 bits per heavy atom. The summed E-state index contributed by atoms with van der Waals surface area (Å²) in [5.74, 6) is -0.151. The Balaban J connectivity index is 0.00000523. The molecule has 0 aliphatic carbocycles. The number of hydrogen-bond donors (Lipinski definition) is 0. The summed E-state index contributed by atoms with van der Waals surface area (Å²) in [4.78, 5) is 28.1. The largest absolute Gasteiger partial charge is 1.00 e. The van der Waals surface area contributed by atoms with Gasteiger partial charge < -0.3 is 45.7 Å². The maximum atomic E-state index is 12.2. The molecule has 3 aromatic carbocycles. The average Bonchev–Trinajstić information content (AvgIpc) is 3.72. The standard InChI is InChI=1S/C39H45Cl2N4O6.BrH/c1-26(2)38(47)50-37-27(3)18-30(19-28(37)4)21-42-12-13-43(25-42)24-39(35-11-6-31(40)20-36(35)41)49-23-34(51-39)22-48-33-9-7-32(8-10-33)45-16-14-44(15-17-45)29(5)46;/h6-13,18-20,25-26,34H,14-17,21-24H2,1-5H3;1H/q+1;/p-1/t34-,39-;/m0./s1. The van der Waals surface area contributed by atoms with Crippen LogP contribution in [0.5, 0.6) is 11.5 Å². The first-order valence-corrected chi connectivity index (χ1v) is 18.0. The Kier molecular flexibility index (Phi) is 13.0. The van der Waals surface area contributed by atoms with Gasteiger partial charge in [0.25, 0.3) is 0 Å². The number of rotatable bonds is 11. The van der Waals surface area contributed by atoms with E-state index >= 15 is 0 Å². The van der Waals surface area contributed by atoms with Crippen LogP contribution in [-0.2, 0) is 37.9 Å². The van der Waals surface area contributed by atoms with Crippen molar-refractivity contribution in [1.29, 1.82) is 0 Å². The zero-order valence-corrected chi connectivity index (χ0v) is 33.2. The zero-order chi connectivity index (χ0) is 36.3. The second-order valence-electron chi connectivity index (χ2n) is 13.6. The molecule has 2 atom stereocenters. The molecule has 0 saturated carbocycles. The molecule has 0 spiro atoms. The van der Waals surface area contributed by atoms with Gasteiger partial charge in [0.15, 0.2) is 0 Å². The summed E-state index contributed by atoms with van der Waals surface area (Å²) in [6.45, 7) is 13.8. The number of carbonyl (C=O) groups is 2. The van der Waals surface area contributed by atoms with Crippen LogP contribution in [0.3, 0.4) is 0 Å². The smallest absolute Gasteiger partial charge is 0.313 e. The van der Waals surface area contributed by atoms with Gasteiger partial charge in [0.05, 0.1) is 17.5 Å².